The molecule has 1 aromatic carbocycles. The van der Waals surface area contributed by atoms with E-state index in [1.165, 1.54) is 0 Å². The van der Waals surface area contributed by atoms with Gasteiger partial charge in [0.25, 0.3) is 0 Å². The zero-order valence-corrected chi connectivity index (χ0v) is 15.1. The third-order valence-corrected chi connectivity index (χ3v) is 6.22. The maximum atomic E-state index is 14.6. The molecular weight excluding hydrogens is 311 g/mol. The topological polar surface area (TPSA) is 27.7 Å². The van der Waals surface area contributed by atoms with E-state index in [9.17, 15) is 9.65 Å². The van der Waals surface area contributed by atoms with E-state index in [1.807, 2.05) is 30.3 Å². The zero-order valence-electron chi connectivity index (χ0n) is 15.1. The maximum Gasteiger partial charge on any atom is 0.213 e. The summed E-state index contributed by atoms with van der Waals surface area (Å²) in [6.45, 7) is 10.7. The second-order valence-corrected chi connectivity index (χ2v) is 6.72. The van der Waals surface area contributed by atoms with Crippen molar-refractivity contribution >= 4 is 0 Å². The lowest BCUT2D eigenvalue weighted by Crippen LogP contribution is -2.68. The molecule has 0 bridgehead atoms. The molecule has 2 nitrogen and oxygen atoms in total. The van der Waals surface area contributed by atoms with Gasteiger partial charge in [-0.1, -0.05) is 27.4 Å². The summed E-state index contributed by atoms with van der Waals surface area (Å²) < 4.78 is 16.8. The molecule has 0 radical (unpaired) electrons. The Balaban J connectivity index is 2.53. The number of hydrogen-bond donors (Lipinski definition) is 0. The van der Waals surface area contributed by atoms with Crippen molar-refractivity contribution in [3.8, 4) is 17.3 Å². The van der Waals surface area contributed by atoms with E-state index in [-0.39, 0.29) is 16.5 Å². The molecule has 2 heterocycles. The second-order valence-electron chi connectivity index (χ2n) is 6.72. The van der Waals surface area contributed by atoms with Crippen LogP contribution in [0.2, 0.25) is 0 Å². The fraction of sp³-hybridized carbons (Fsp3) is 0.364. The number of rotatable bonds is 4. The van der Waals surface area contributed by atoms with Crippen LogP contribution in [0, 0.1) is 17.1 Å². The predicted molar refractivity (Wildman–Crippen MR) is 97.5 cm³/mol. The van der Waals surface area contributed by atoms with E-state index < -0.39 is 5.82 Å². The lowest BCUT2D eigenvalue weighted by Gasteiger charge is -2.48. The number of pyridine rings is 1. The number of fused-ring (bicyclic) bond motifs is 3. The SMILES string of the molecule is C=CC1(CC)[n+]2ccccc2-c2cc(C#N)c(F)cc2C1(CC)CC. The number of aromatic nitrogens is 1. The number of nitriles is 1. The van der Waals surface area contributed by atoms with E-state index in [2.05, 4.69) is 38.1 Å². The summed E-state index contributed by atoms with van der Waals surface area (Å²) >= 11 is 0. The van der Waals surface area contributed by atoms with Gasteiger partial charge in [0.1, 0.15) is 11.9 Å². The van der Waals surface area contributed by atoms with E-state index in [1.54, 1.807) is 12.1 Å². The normalized spacial score (nSPS) is 20.3. The molecule has 1 aliphatic heterocycles. The van der Waals surface area contributed by atoms with Crippen molar-refractivity contribution in [1.29, 1.82) is 5.26 Å². The van der Waals surface area contributed by atoms with Gasteiger partial charge >= 0.3 is 0 Å². The van der Waals surface area contributed by atoms with Gasteiger partial charge in [-0.15, -0.1) is 0 Å². The molecule has 0 amide bonds. The van der Waals surface area contributed by atoms with Gasteiger partial charge < -0.3 is 0 Å². The van der Waals surface area contributed by atoms with Gasteiger partial charge in [-0.25, -0.2) is 4.39 Å². The van der Waals surface area contributed by atoms with Crippen molar-refractivity contribution in [2.24, 2.45) is 0 Å². The van der Waals surface area contributed by atoms with Crippen LogP contribution in [0.15, 0.2) is 49.2 Å². The summed E-state index contributed by atoms with van der Waals surface area (Å²) in [7, 11) is 0. The summed E-state index contributed by atoms with van der Waals surface area (Å²) in [5.74, 6) is -0.439. The van der Waals surface area contributed by atoms with Crippen molar-refractivity contribution < 1.29 is 8.96 Å². The Kier molecular flexibility index (Phi) is 4.24. The highest BCUT2D eigenvalue weighted by molar-refractivity contribution is 5.68. The summed E-state index contributed by atoms with van der Waals surface area (Å²) in [4.78, 5) is 0. The van der Waals surface area contributed by atoms with Crippen LogP contribution < -0.4 is 4.57 Å². The summed E-state index contributed by atoms with van der Waals surface area (Å²) in [6, 6.07) is 11.3. The van der Waals surface area contributed by atoms with Gasteiger partial charge in [-0.2, -0.15) is 9.83 Å². The van der Waals surface area contributed by atoms with Crippen molar-refractivity contribution in [1.82, 2.24) is 0 Å². The number of halogens is 1. The fourth-order valence-electron chi connectivity index (χ4n) is 4.93. The van der Waals surface area contributed by atoms with Crippen LogP contribution >= 0.6 is 0 Å². The molecule has 1 atom stereocenters. The number of allylic oxidation sites excluding steroid dienone is 1. The molecule has 1 aliphatic rings. The van der Waals surface area contributed by atoms with Crippen LogP contribution in [0.25, 0.3) is 11.3 Å². The summed E-state index contributed by atoms with van der Waals surface area (Å²) in [6.07, 6.45) is 6.70. The highest BCUT2D eigenvalue weighted by atomic mass is 19.1. The Morgan fingerprint density at radius 2 is 1.92 bits per heavy atom. The van der Waals surface area contributed by atoms with Crippen LogP contribution in [0.1, 0.15) is 51.2 Å². The highest BCUT2D eigenvalue weighted by Crippen LogP contribution is 2.52. The summed E-state index contributed by atoms with van der Waals surface area (Å²) in [5, 5.41) is 9.29. The predicted octanol–water partition coefficient (Wildman–Crippen LogP) is 5.01. The Morgan fingerprint density at radius 1 is 1.20 bits per heavy atom. The second kappa shape index (κ2) is 6.11. The van der Waals surface area contributed by atoms with Crippen molar-refractivity contribution in [3.63, 3.8) is 0 Å². The number of benzene rings is 1. The average Bonchev–Trinajstić information content (AvgIpc) is 2.66. The summed E-state index contributed by atoms with van der Waals surface area (Å²) in [5.41, 5.74) is 2.44. The lowest BCUT2D eigenvalue weighted by molar-refractivity contribution is -0.756. The largest absolute Gasteiger partial charge is 0.213 e. The smallest absolute Gasteiger partial charge is 0.206 e. The highest BCUT2D eigenvalue weighted by Gasteiger charge is 2.59. The zero-order chi connectivity index (χ0) is 18.2. The van der Waals surface area contributed by atoms with Crippen LogP contribution in [0.4, 0.5) is 4.39 Å². The molecule has 0 spiro atoms. The minimum Gasteiger partial charge on any atom is -0.206 e. The van der Waals surface area contributed by atoms with Gasteiger partial charge in [0.2, 0.25) is 5.69 Å². The lowest BCUT2D eigenvalue weighted by atomic mass is 9.57. The minimum absolute atomic E-state index is 0.0952. The quantitative estimate of drug-likeness (QED) is 0.570. The molecule has 0 aliphatic carbocycles. The molecule has 0 saturated carbocycles. The van der Waals surface area contributed by atoms with E-state index >= 15 is 0 Å². The molecule has 3 rings (SSSR count). The first-order valence-corrected chi connectivity index (χ1v) is 8.94. The average molecular weight is 335 g/mol. The van der Waals surface area contributed by atoms with Crippen LogP contribution in [-0.4, -0.2) is 0 Å². The van der Waals surface area contributed by atoms with Gasteiger partial charge in [-0.05, 0) is 42.7 Å². The third kappa shape index (κ3) is 2.03. The van der Waals surface area contributed by atoms with E-state index in [0.717, 1.165) is 36.1 Å². The van der Waals surface area contributed by atoms with Crippen LogP contribution in [0.5, 0.6) is 0 Å². The molecule has 2 aromatic rings. The molecule has 1 unspecified atom stereocenters. The van der Waals surface area contributed by atoms with Crippen LogP contribution in [0.3, 0.4) is 0 Å². The monoisotopic (exact) mass is 335 g/mol. The maximum absolute atomic E-state index is 14.6. The molecule has 0 N–H and O–H groups in total. The Bertz CT molecular complexity index is 874. The molecule has 0 saturated heterocycles. The van der Waals surface area contributed by atoms with Crippen LogP contribution in [-0.2, 0) is 11.0 Å². The fourth-order valence-corrected chi connectivity index (χ4v) is 4.93. The molecule has 25 heavy (non-hydrogen) atoms. The van der Waals surface area contributed by atoms with Crippen molar-refractivity contribution in [3.05, 3.63) is 66.1 Å². The van der Waals surface area contributed by atoms with E-state index in [0.29, 0.717) is 0 Å². The van der Waals surface area contributed by atoms with Gasteiger partial charge in [0.05, 0.1) is 16.5 Å². The van der Waals surface area contributed by atoms with Crippen molar-refractivity contribution in [2.45, 2.75) is 51.0 Å². The first kappa shape index (κ1) is 17.4. The minimum atomic E-state index is -0.439. The molecule has 3 heteroatoms. The number of hydrogen-bond acceptors (Lipinski definition) is 1. The Hall–Kier alpha value is -2.47. The first-order chi connectivity index (χ1) is 12.0. The molecule has 1 aromatic heterocycles. The molecular formula is C22H24FN2+. The van der Waals surface area contributed by atoms with Gasteiger partial charge in [0, 0.05) is 18.6 Å². The Labute approximate surface area is 149 Å². The van der Waals surface area contributed by atoms with Gasteiger partial charge in [0.15, 0.2) is 11.7 Å². The Morgan fingerprint density at radius 3 is 2.48 bits per heavy atom. The standard InChI is InChI=1S/C22H24FN2/c1-5-21(6-2)18-14-19(23)16(15-24)13-17(18)20-11-9-10-12-25(20)22(21,7-3)8-4/h7,9-14H,3,5-6,8H2,1-2,4H3/q+1. The molecule has 128 valence electrons. The molecule has 0 fully saturated rings. The first-order valence-electron chi connectivity index (χ1n) is 8.94. The number of nitrogens with zero attached hydrogens (tertiary/aromatic N) is 2. The van der Waals surface area contributed by atoms with Crippen molar-refractivity contribution in [2.75, 3.05) is 0 Å². The third-order valence-electron chi connectivity index (χ3n) is 6.22. The van der Waals surface area contributed by atoms with E-state index in [4.69, 9.17) is 0 Å². The van der Waals surface area contributed by atoms with Gasteiger partial charge in [-0.3, -0.25) is 0 Å².